The molecule has 3 aromatic rings. The van der Waals surface area contributed by atoms with Crippen LogP contribution in [0.2, 0.25) is 5.02 Å². The molecule has 0 saturated carbocycles. The van der Waals surface area contributed by atoms with Gasteiger partial charge in [0.25, 0.3) is 5.91 Å². The summed E-state index contributed by atoms with van der Waals surface area (Å²) in [6, 6.07) is 13.1. The first kappa shape index (κ1) is 21.6. The lowest BCUT2D eigenvalue weighted by Crippen LogP contribution is -2.40. The maximum atomic E-state index is 12.9. The van der Waals surface area contributed by atoms with Crippen molar-refractivity contribution in [1.29, 1.82) is 0 Å². The molecule has 4 rings (SSSR count). The second-order valence-electron chi connectivity index (χ2n) is 8.31. The normalized spacial score (nSPS) is 15.7. The highest BCUT2D eigenvalue weighted by molar-refractivity contribution is 6.32. The first-order valence-corrected chi connectivity index (χ1v) is 11.1. The number of benzene rings is 2. The molecular weight excluding hydrogens is 412 g/mol. The minimum absolute atomic E-state index is 0.0144. The van der Waals surface area contributed by atoms with Crippen molar-refractivity contribution in [3.05, 3.63) is 80.2 Å². The SMILES string of the molecule is Cc1ccc([C@H](CNC(=O)c2cc(=O)c3cc(Cl)c(C)cc3o2)N2CCCCC2)cc1. The van der Waals surface area contributed by atoms with E-state index in [0.717, 1.165) is 31.5 Å². The Morgan fingerprint density at radius 2 is 1.81 bits per heavy atom. The molecule has 1 aliphatic rings. The van der Waals surface area contributed by atoms with Crippen LogP contribution in [0.3, 0.4) is 0 Å². The van der Waals surface area contributed by atoms with Crippen LogP contribution in [0, 0.1) is 13.8 Å². The second-order valence-corrected chi connectivity index (χ2v) is 8.71. The molecule has 1 atom stereocenters. The smallest absolute Gasteiger partial charge is 0.287 e. The minimum Gasteiger partial charge on any atom is -0.451 e. The number of likely N-dealkylation sites (tertiary alicyclic amines) is 1. The van der Waals surface area contributed by atoms with Gasteiger partial charge in [0, 0.05) is 17.6 Å². The molecule has 1 aromatic heterocycles. The maximum absolute atomic E-state index is 12.9. The number of fused-ring (bicyclic) bond motifs is 1. The van der Waals surface area contributed by atoms with Crippen molar-refractivity contribution in [2.45, 2.75) is 39.2 Å². The van der Waals surface area contributed by atoms with Crippen molar-refractivity contribution in [2.75, 3.05) is 19.6 Å². The van der Waals surface area contributed by atoms with Crippen LogP contribution in [0.4, 0.5) is 0 Å². The van der Waals surface area contributed by atoms with E-state index in [-0.39, 0.29) is 23.1 Å². The summed E-state index contributed by atoms with van der Waals surface area (Å²) in [7, 11) is 0. The van der Waals surface area contributed by atoms with Gasteiger partial charge in [-0.05, 0) is 63.0 Å². The molecule has 0 aliphatic carbocycles. The third-order valence-electron chi connectivity index (χ3n) is 5.98. The molecule has 1 amide bonds. The Morgan fingerprint density at radius 3 is 2.52 bits per heavy atom. The fourth-order valence-corrected chi connectivity index (χ4v) is 4.31. The Hall–Kier alpha value is -2.63. The van der Waals surface area contributed by atoms with Gasteiger partial charge in [-0.25, -0.2) is 0 Å². The maximum Gasteiger partial charge on any atom is 0.287 e. The zero-order valence-corrected chi connectivity index (χ0v) is 18.7. The van der Waals surface area contributed by atoms with Crippen LogP contribution in [-0.2, 0) is 0 Å². The van der Waals surface area contributed by atoms with Gasteiger partial charge in [-0.15, -0.1) is 0 Å². The number of carbonyl (C=O) groups excluding carboxylic acids is 1. The van der Waals surface area contributed by atoms with E-state index in [1.54, 1.807) is 12.1 Å². The Labute approximate surface area is 187 Å². The molecule has 31 heavy (non-hydrogen) atoms. The molecule has 1 aliphatic heterocycles. The molecule has 0 unspecified atom stereocenters. The molecule has 1 fully saturated rings. The molecule has 1 saturated heterocycles. The van der Waals surface area contributed by atoms with Crippen molar-refractivity contribution in [3.63, 3.8) is 0 Å². The van der Waals surface area contributed by atoms with Gasteiger partial charge in [0.2, 0.25) is 0 Å². The lowest BCUT2D eigenvalue weighted by Gasteiger charge is -2.35. The highest BCUT2D eigenvalue weighted by atomic mass is 35.5. The number of halogens is 1. The van der Waals surface area contributed by atoms with E-state index in [1.165, 1.54) is 23.6 Å². The fourth-order valence-electron chi connectivity index (χ4n) is 4.14. The predicted octanol–water partition coefficient (Wildman–Crippen LogP) is 5.02. The largest absolute Gasteiger partial charge is 0.451 e. The highest BCUT2D eigenvalue weighted by Crippen LogP contribution is 2.25. The molecule has 0 bridgehead atoms. The molecule has 1 N–H and O–H groups in total. The number of hydrogen-bond donors (Lipinski definition) is 1. The summed E-state index contributed by atoms with van der Waals surface area (Å²) in [6.45, 7) is 6.37. The molecule has 5 nitrogen and oxygen atoms in total. The Bertz CT molecular complexity index is 1150. The molecule has 0 spiro atoms. The van der Waals surface area contributed by atoms with Gasteiger partial charge in [-0.1, -0.05) is 47.9 Å². The second kappa shape index (κ2) is 9.25. The summed E-state index contributed by atoms with van der Waals surface area (Å²) < 4.78 is 5.76. The average Bonchev–Trinajstić information content (AvgIpc) is 2.77. The quantitative estimate of drug-likeness (QED) is 0.607. The number of amides is 1. The molecule has 2 aromatic carbocycles. The van der Waals surface area contributed by atoms with Crippen molar-refractivity contribution >= 4 is 28.5 Å². The van der Waals surface area contributed by atoms with E-state index >= 15 is 0 Å². The van der Waals surface area contributed by atoms with Crippen molar-refractivity contribution < 1.29 is 9.21 Å². The van der Waals surface area contributed by atoms with Gasteiger partial charge < -0.3 is 9.73 Å². The average molecular weight is 439 g/mol. The lowest BCUT2D eigenvalue weighted by atomic mass is 10.0. The predicted molar refractivity (Wildman–Crippen MR) is 124 cm³/mol. The van der Waals surface area contributed by atoms with Crippen LogP contribution in [-0.4, -0.2) is 30.4 Å². The number of hydrogen-bond acceptors (Lipinski definition) is 4. The van der Waals surface area contributed by atoms with Gasteiger partial charge >= 0.3 is 0 Å². The fraction of sp³-hybridized carbons (Fsp3) is 0.360. The lowest BCUT2D eigenvalue weighted by molar-refractivity contribution is 0.0897. The van der Waals surface area contributed by atoms with Crippen molar-refractivity contribution in [3.8, 4) is 0 Å². The van der Waals surface area contributed by atoms with E-state index in [2.05, 4.69) is 41.4 Å². The van der Waals surface area contributed by atoms with Gasteiger partial charge in [-0.3, -0.25) is 14.5 Å². The summed E-state index contributed by atoms with van der Waals surface area (Å²) in [4.78, 5) is 27.8. The van der Waals surface area contributed by atoms with E-state index < -0.39 is 0 Å². The number of nitrogens with one attached hydrogen (secondary N) is 1. The van der Waals surface area contributed by atoms with E-state index in [4.69, 9.17) is 16.0 Å². The third-order valence-corrected chi connectivity index (χ3v) is 6.39. The van der Waals surface area contributed by atoms with Crippen LogP contribution in [0.25, 0.3) is 11.0 Å². The van der Waals surface area contributed by atoms with Crippen molar-refractivity contribution in [2.24, 2.45) is 0 Å². The molecule has 6 heteroatoms. The third kappa shape index (κ3) is 4.83. The van der Waals surface area contributed by atoms with Gasteiger partial charge in [0.15, 0.2) is 11.2 Å². The first-order valence-electron chi connectivity index (χ1n) is 10.8. The zero-order chi connectivity index (χ0) is 22.0. The van der Waals surface area contributed by atoms with Crippen LogP contribution in [0.5, 0.6) is 0 Å². The Kier molecular flexibility index (Phi) is 6.44. The monoisotopic (exact) mass is 438 g/mol. The van der Waals surface area contributed by atoms with Gasteiger partial charge in [0.1, 0.15) is 5.58 Å². The number of carbonyl (C=O) groups is 1. The van der Waals surface area contributed by atoms with Gasteiger partial charge in [0.05, 0.1) is 11.4 Å². The molecule has 0 radical (unpaired) electrons. The van der Waals surface area contributed by atoms with E-state index in [0.29, 0.717) is 22.5 Å². The molecule has 2 heterocycles. The first-order chi connectivity index (χ1) is 14.9. The molecular formula is C25H27ClN2O3. The number of aryl methyl sites for hydroxylation is 2. The standard InChI is InChI=1S/C25H27ClN2O3/c1-16-6-8-18(9-7-16)21(28-10-4-3-5-11-28)15-27-25(30)24-14-22(29)19-13-20(26)17(2)12-23(19)31-24/h6-9,12-14,21H,3-5,10-11,15H2,1-2H3,(H,27,30)/t21-/m0/s1. The van der Waals surface area contributed by atoms with Crippen LogP contribution in [0.15, 0.2) is 51.7 Å². The van der Waals surface area contributed by atoms with Crippen LogP contribution < -0.4 is 10.7 Å². The number of nitrogens with zero attached hydrogens (tertiary/aromatic N) is 1. The highest BCUT2D eigenvalue weighted by Gasteiger charge is 2.24. The molecule has 162 valence electrons. The topological polar surface area (TPSA) is 62.6 Å². The Morgan fingerprint density at radius 1 is 1.10 bits per heavy atom. The summed E-state index contributed by atoms with van der Waals surface area (Å²) in [5.74, 6) is -0.374. The van der Waals surface area contributed by atoms with E-state index in [9.17, 15) is 9.59 Å². The summed E-state index contributed by atoms with van der Waals surface area (Å²) in [6.07, 6.45) is 3.57. The van der Waals surface area contributed by atoms with Gasteiger partial charge in [-0.2, -0.15) is 0 Å². The van der Waals surface area contributed by atoms with Crippen LogP contribution >= 0.6 is 11.6 Å². The van der Waals surface area contributed by atoms with E-state index in [1.807, 2.05) is 6.92 Å². The summed E-state index contributed by atoms with van der Waals surface area (Å²) in [5, 5.41) is 3.86. The van der Waals surface area contributed by atoms with Crippen molar-refractivity contribution in [1.82, 2.24) is 10.2 Å². The number of piperidine rings is 1. The number of rotatable bonds is 5. The zero-order valence-electron chi connectivity index (χ0n) is 17.9. The minimum atomic E-state index is -0.388. The van der Waals surface area contributed by atoms with Crippen LogP contribution in [0.1, 0.15) is 52.5 Å². The summed E-state index contributed by atoms with van der Waals surface area (Å²) in [5.41, 5.74) is 3.26. The Balaban J connectivity index is 1.56. The summed E-state index contributed by atoms with van der Waals surface area (Å²) >= 11 is 6.12.